The fourth-order valence-electron chi connectivity index (χ4n) is 1.79. The number of anilines is 2. The molecule has 0 saturated carbocycles. The molecule has 0 aliphatic rings. The first-order chi connectivity index (χ1) is 9.77. The van der Waals surface area contributed by atoms with Gasteiger partial charge in [-0.25, -0.2) is 22.3 Å². The van der Waals surface area contributed by atoms with E-state index in [4.69, 9.17) is 10.9 Å². The van der Waals surface area contributed by atoms with Crippen molar-refractivity contribution in [1.29, 1.82) is 0 Å². The summed E-state index contributed by atoms with van der Waals surface area (Å²) >= 11 is 0. The zero-order valence-electron chi connectivity index (χ0n) is 10.8. The van der Waals surface area contributed by atoms with E-state index in [9.17, 15) is 17.2 Å². The lowest BCUT2D eigenvalue weighted by Gasteiger charge is -2.10. The van der Waals surface area contributed by atoms with Crippen LogP contribution in [0.5, 0.6) is 0 Å². The molecule has 0 heterocycles. The van der Waals surface area contributed by atoms with E-state index in [1.54, 1.807) is 0 Å². The van der Waals surface area contributed by atoms with Crippen LogP contribution in [0, 0.1) is 11.6 Å². The van der Waals surface area contributed by atoms with E-state index in [0.717, 1.165) is 18.2 Å². The molecule has 2 rings (SSSR count). The summed E-state index contributed by atoms with van der Waals surface area (Å²) in [4.78, 5) is -0.190. The average Bonchev–Trinajstić information content (AvgIpc) is 2.38. The molecule has 0 aliphatic carbocycles. The number of sulfonamides is 1. The highest BCUT2D eigenvalue weighted by Crippen LogP contribution is 2.22. The quantitative estimate of drug-likeness (QED) is 0.750. The van der Waals surface area contributed by atoms with Gasteiger partial charge < -0.3 is 11.1 Å². The van der Waals surface area contributed by atoms with Crippen molar-refractivity contribution in [2.24, 2.45) is 5.14 Å². The molecule has 0 bridgehead atoms. The van der Waals surface area contributed by atoms with E-state index in [1.807, 2.05) is 0 Å². The van der Waals surface area contributed by atoms with Crippen molar-refractivity contribution in [1.82, 2.24) is 0 Å². The summed E-state index contributed by atoms with van der Waals surface area (Å²) in [6.45, 7) is 0.0256. The zero-order chi connectivity index (χ0) is 15.6. The number of rotatable bonds is 4. The Kier molecular flexibility index (Phi) is 4.10. The first-order valence-corrected chi connectivity index (χ1v) is 7.42. The van der Waals surface area contributed by atoms with E-state index in [1.165, 1.54) is 18.2 Å². The van der Waals surface area contributed by atoms with Crippen LogP contribution in [0.25, 0.3) is 0 Å². The Morgan fingerprint density at radius 3 is 2.43 bits per heavy atom. The van der Waals surface area contributed by atoms with E-state index in [0.29, 0.717) is 5.69 Å². The van der Waals surface area contributed by atoms with Gasteiger partial charge in [0.25, 0.3) is 0 Å². The van der Waals surface area contributed by atoms with Gasteiger partial charge in [0, 0.05) is 17.8 Å². The van der Waals surface area contributed by atoms with Gasteiger partial charge in [0.2, 0.25) is 10.0 Å². The first kappa shape index (κ1) is 15.2. The third-order valence-electron chi connectivity index (χ3n) is 2.81. The van der Waals surface area contributed by atoms with Gasteiger partial charge in [0.05, 0.1) is 5.69 Å². The van der Waals surface area contributed by atoms with Crippen LogP contribution in [0.1, 0.15) is 5.56 Å². The number of primary sulfonamides is 1. The molecular weight excluding hydrogens is 300 g/mol. The fraction of sp³-hybridized carbons (Fsp3) is 0.0769. The van der Waals surface area contributed by atoms with Crippen molar-refractivity contribution in [3.05, 3.63) is 53.6 Å². The maximum Gasteiger partial charge on any atom is 0.240 e. The molecule has 5 nitrogen and oxygen atoms in total. The largest absolute Gasteiger partial charge is 0.398 e. The van der Waals surface area contributed by atoms with Gasteiger partial charge in [-0.2, -0.15) is 0 Å². The number of halogens is 2. The molecule has 2 aromatic rings. The topological polar surface area (TPSA) is 98.2 Å². The maximum atomic E-state index is 13.4. The number of hydrogen-bond donors (Lipinski definition) is 3. The third kappa shape index (κ3) is 3.67. The molecule has 0 amide bonds. The lowest BCUT2D eigenvalue weighted by molar-refractivity contribution is 0.587. The lowest BCUT2D eigenvalue weighted by Crippen LogP contribution is -2.14. The zero-order valence-corrected chi connectivity index (χ0v) is 11.6. The summed E-state index contributed by atoms with van der Waals surface area (Å²) in [5.41, 5.74) is 6.18. The Bertz CT molecular complexity index is 779. The van der Waals surface area contributed by atoms with E-state index >= 15 is 0 Å². The molecule has 0 unspecified atom stereocenters. The third-order valence-corrected chi connectivity index (χ3v) is 3.79. The smallest absolute Gasteiger partial charge is 0.240 e. The molecule has 0 radical (unpaired) electrons. The second kappa shape index (κ2) is 5.66. The van der Waals surface area contributed by atoms with E-state index in [2.05, 4.69) is 5.32 Å². The van der Waals surface area contributed by atoms with E-state index in [-0.39, 0.29) is 22.7 Å². The second-order valence-electron chi connectivity index (χ2n) is 4.39. The second-order valence-corrected chi connectivity index (χ2v) is 5.92. The molecule has 0 spiro atoms. The standard InChI is InChI=1S/C13H13F2N3O2S/c14-9-1-3-11(15)8(5-9)7-18-10-2-4-13(12(16)6-10)21(17,19)20/h1-6,18H,7,16H2,(H2,17,19,20). The molecule has 0 atom stereocenters. The number of benzene rings is 2. The maximum absolute atomic E-state index is 13.4. The normalized spacial score (nSPS) is 11.4. The average molecular weight is 313 g/mol. The van der Waals surface area contributed by atoms with Gasteiger partial charge in [-0.1, -0.05) is 0 Å². The van der Waals surface area contributed by atoms with Crippen LogP contribution < -0.4 is 16.2 Å². The molecule has 5 N–H and O–H groups in total. The van der Waals surface area contributed by atoms with Crippen LogP contribution in [0.2, 0.25) is 0 Å². The lowest BCUT2D eigenvalue weighted by atomic mass is 10.2. The minimum atomic E-state index is -3.89. The Morgan fingerprint density at radius 2 is 1.81 bits per heavy atom. The van der Waals surface area contributed by atoms with Gasteiger partial charge in [-0.3, -0.25) is 0 Å². The summed E-state index contributed by atoms with van der Waals surface area (Å²) in [6.07, 6.45) is 0. The molecule has 2 aromatic carbocycles. The number of hydrogen-bond acceptors (Lipinski definition) is 4. The number of nitrogens with two attached hydrogens (primary N) is 2. The van der Waals surface area contributed by atoms with Crippen molar-refractivity contribution >= 4 is 21.4 Å². The van der Waals surface area contributed by atoms with Crippen molar-refractivity contribution in [2.45, 2.75) is 11.4 Å². The summed E-state index contributed by atoms with van der Waals surface area (Å²) in [7, 11) is -3.89. The predicted octanol–water partition coefficient (Wildman–Crippen LogP) is 1.81. The van der Waals surface area contributed by atoms with Crippen molar-refractivity contribution < 1.29 is 17.2 Å². The van der Waals surface area contributed by atoms with Crippen LogP contribution in [-0.2, 0) is 16.6 Å². The number of nitrogen functional groups attached to an aromatic ring is 1. The summed E-state index contributed by atoms with van der Waals surface area (Å²) in [5.74, 6) is -1.09. The van der Waals surface area contributed by atoms with Gasteiger partial charge in [-0.15, -0.1) is 0 Å². The van der Waals surface area contributed by atoms with Gasteiger partial charge in [0.15, 0.2) is 0 Å². The van der Waals surface area contributed by atoms with Crippen LogP contribution in [0.4, 0.5) is 20.2 Å². The highest BCUT2D eigenvalue weighted by molar-refractivity contribution is 7.89. The molecule has 8 heteroatoms. The fourth-order valence-corrected chi connectivity index (χ4v) is 2.44. The van der Waals surface area contributed by atoms with Gasteiger partial charge in [0.1, 0.15) is 16.5 Å². The SMILES string of the molecule is Nc1cc(NCc2cc(F)ccc2F)ccc1S(N)(=O)=O. The molecule has 112 valence electrons. The molecule has 0 fully saturated rings. The minimum Gasteiger partial charge on any atom is -0.398 e. The first-order valence-electron chi connectivity index (χ1n) is 5.87. The predicted molar refractivity (Wildman–Crippen MR) is 75.9 cm³/mol. The van der Waals surface area contributed by atoms with Crippen LogP contribution >= 0.6 is 0 Å². The van der Waals surface area contributed by atoms with Crippen LogP contribution in [0.3, 0.4) is 0 Å². The molecule has 0 aromatic heterocycles. The Morgan fingerprint density at radius 1 is 1.10 bits per heavy atom. The highest BCUT2D eigenvalue weighted by atomic mass is 32.2. The molecule has 0 aliphatic heterocycles. The molecule has 0 saturated heterocycles. The van der Waals surface area contributed by atoms with Crippen molar-refractivity contribution in [3.63, 3.8) is 0 Å². The highest BCUT2D eigenvalue weighted by Gasteiger charge is 2.12. The Labute approximate surface area is 120 Å². The van der Waals surface area contributed by atoms with Gasteiger partial charge in [-0.05, 0) is 36.4 Å². The minimum absolute atomic E-state index is 0.0256. The summed E-state index contributed by atoms with van der Waals surface area (Å²) in [6, 6.07) is 7.17. The monoisotopic (exact) mass is 313 g/mol. The number of nitrogens with one attached hydrogen (secondary N) is 1. The van der Waals surface area contributed by atoms with Crippen LogP contribution in [-0.4, -0.2) is 8.42 Å². The van der Waals surface area contributed by atoms with Gasteiger partial charge >= 0.3 is 0 Å². The summed E-state index contributed by atoms with van der Waals surface area (Å²) < 4.78 is 48.9. The van der Waals surface area contributed by atoms with Crippen LogP contribution in [0.15, 0.2) is 41.3 Å². The Hall–Kier alpha value is -2.19. The van der Waals surface area contributed by atoms with Crippen molar-refractivity contribution in [3.8, 4) is 0 Å². The molecular formula is C13H13F2N3O2S. The van der Waals surface area contributed by atoms with Crippen molar-refractivity contribution in [2.75, 3.05) is 11.1 Å². The van der Waals surface area contributed by atoms with E-state index < -0.39 is 21.7 Å². The summed E-state index contributed by atoms with van der Waals surface area (Å²) in [5, 5.41) is 7.82. The Balaban J connectivity index is 2.18. The molecule has 21 heavy (non-hydrogen) atoms.